The Morgan fingerprint density at radius 2 is 2.19 bits per heavy atom. The number of allylic oxidation sites excluding steroid dienone is 1. The van der Waals surface area contributed by atoms with Crippen LogP contribution in [0.1, 0.15) is 36.9 Å². The fourth-order valence-electron chi connectivity index (χ4n) is 3.26. The van der Waals surface area contributed by atoms with Gasteiger partial charge in [-0.3, -0.25) is 4.79 Å². The minimum Gasteiger partial charge on any atom is -0.498 e. The van der Waals surface area contributed by atoms with Gasteiger partial charge in [0.1, 0.15) is 5.76 Å². The summed E-state index contributed by atoms with van der Waals surface area (Å²) in [5.74, 6) is 0.752. The van der Waals surface area contributed by atoms with Crippen molar-refractivity contribution in [1.29, 1.82) is 0 Å². The molecule has 0 saturated carbocycles. The van der Waals surface area contributed by atoms with Crippen LogP contribution in [-0.4, -0.2) is 35.7 Å². The minimum atomic E-state index is -0.246. The number of aliphatic hydroxyl groups excluding tert-OH is 1. The van der Waals surface area contributed by atoms with Crippen LogP contribution < -0.4 is 0 Å². The highest BCUT2D eigenvalue weighted by Gasteiger charge is 2.32. The predicted molar refractivity (Wildman–Crippen MR) is 79.6 cm³/mol. The molecule has 1 atom stereocenters. The van der Waals surface area contributed by atoms with Crippen LogP contribution in [-0.2, 0) is 16.0 Å². The zero-order valence-corrected chi connectivity index (χ0v) is 12.3. The van der Waals surface area contributed by atoms with Crippen molar-refractivity contribution < 1.29 is 14.6 Å². The number of nitrogens with zero attached hydrogens (tertiary/aromatic N) is 1. The maximum atomic E-state index is 12.8. The molecule has 2 heterocycles. The normalized spacial score (nSPS) is 21.8. The highest BCUT2D eigenvalue weighted by atomic mass is 16.5. The van der Waals surface area contributed by atoms with E-state index in [1.165, 1.54) is 5.56 Å². The molecule has 0 aliphatic carbocycles. The van der Waals surface area contributed by atoms with E-state index in [-0.39, 0.29) is 18.6 Å². The summed E-state index contributed by atoms with van der Waals surface area (Å²) in [7, 11) is 0. The van der Waals surface area contributed by atoms with Crippen LogP contribution in [0.4, 0.5) is 0 Å². The number of amides is 1. The first-order valence-corrected chi connectivity index (χ1v) is 7.54. The standard InChI is InChI=1S/C17H21NO3/c1-12-14(7-4-10-21-12)17(20)18-9-8-13-5-2-3-6-15(13)16(18)11-19/h2-3,5-6,16,19H,4,7-11H2,1H3/t16-/m1/s1. The van der Waals surface area contributed by atoms with Gasteiger partial charge in [-0.2, -0.15) is 0 Å². The van der Waals surface area contributed by atoms with Crippen LogP contribution in [0.25, 0.3) is 0 Å². The van der Waals surface area contributed by atoms with E-state index in [1.54, 1.807) is 4.90 Å². The van der Waals surface area contributed by atoms with Gasteiger partial charge in [0.15, 0.2) is 0 Å². The minimum absolute atomic E-state index is 0.0146. The number of hydrogen-bond acceptors (Lipinski definition) is 3. The van der Waals surface area contributed by atoms with Crippen LogP contribution in [0.15, 0.2) is 35.6 Å². The molecule has 2 aliphatic rings. The van der Waals surface area contributed by atoms with Crippen LogP contribution >= 0.6 is 0 Å². The lowest BCUT2D eigenvalue weighted by atomic mass is 9.92. The lowest BCUT2D eigenvalue weighted by molar-refractivity contribution is -0.131. The Hall–Kier alpha value is -1.81. The average molecular weight is 287 g/mol. The van der Waals surface area contributed by atoms with E-state index in [0.717, 1.165) is 36.2 Å². The van der Waals surface area contributed by atoms with Gasteiger partial charge in [-0.05, 0) is 37.3 Å². The summed E-state index contributed by atoms with van der Waals surface area (Å²) in [4.78, 5) is 14.6. The fraction of sp³-hybridized carbons (Fsp3) is 0.471. The van der Waals surface area contributed by atoms with Crippen molar-refractivity contribution >= 4 is 5.91 Å². The Balaban J connectivity index is 1.91. The van der Waals surface area contributed by atoms with E-state index in [1.807, 2.05) is 25.1 Å². The molecule has 0 bridgehead atoms. The molecule has 1 aromatic carbocycles. The number of carbonyl (C=O) groups is 1. The molecule has 1 N–H and O–H groups in total. The summed E-state index contributed by atoms with van der Waals surface area (Å²) in [5, 5.41) is 9.78. The van der Waals surface area contributed by atoms with Gasteiger partial charge >= 0.3 is 0 Å². The SMILES string of the molecule is CC1=C(C(=O)N2CCc3ccccc3[C@H]2CO)CCCO1. The topological polar surface area (TPSA) is 49.8 Å². The molecular formula is C17H21NO3. The quantitative estimate of drug-likeness (QED) is 0.907. The predicted octanol–water partition coefficient (Wildman–Crippen LogP) is 2.19. The Morgan fingerprint density at radius 3 is 2.95 bits per heavy atom. The van der Waals surface area contributed by atoms with Gasteiger partial charge in [0.25, 0.3) is 5.91 Å². The van der Waals surface area contributed by atoms with Crippen molar-refractivity contribution in [1.82, 2.24) is 4.90 Å². The second-order valence-electron chi connectivity index (χ2n) is 5.63. The van der Waals surface area contributed by atoms with Gasteiger partial charge in [-0.15, -0.1) is 0 Å². The molecule has 4 heteroatoms. The van der Waals surface area contributed by atoms with E-state index in [4.69, 9.17) is 4.74 Å². The zero-order valence-electron chi connectivity index (χ0n) is 12.3. The second-order valence-corrected chi connectivity index (χ2v) is 5.63. The number of carbonyl (C=O) groups excluding carboxylic acids is 1. The molecule has 1 amide bonds. The van der Waals surface area contributed by atoms with Crippen molar-refractivity contribution in [3.05, 3.63) is 46.7 Å². The summed E-state index contributed by atoms with van der Waals surface area (Å²) in [6, 6.07) is 7.81. The lowest BCUT2D eigenvalue weighted by Crippen LogP contribution is -2.42. The summed E-state index contributed by atoms with van der Waals surface area (Å²) in [6.45, 7) is 3.15. The van der Waals surface area contributed by atoms with Gasteiger partial charge in [0.05, 0.1) is 24.8 Å². The Kier molecular flexibility index (Phi) is 3.97. The number of aliphatic hydroxyl groups is 1. The van der Waals surface area contributed by atoms with Gasteiger partial charge in [-0.1, -0.05) is 24.3 Å². The van der Waals surface area contributed by atoms with E-state index in [2.05, 4.69) is 6.07 Å². The van der Waals surface area contributed by atoms with E-state index >= 15 is 0 Å². The summed E-state index contributed by atoms with van der Waals surface area (Å²) in [5.41, 5.74) is 3.06. The van der Waals surface area contributed by atoms with Crippen molar-refractivity contribution in [2.24, 2.45) is 0 Å². The summed E-state index contributed by atoms with van der Waals surface area (Å²) < 4.78 is 5.51. The molecular weight excluding hydrogens is 266 g/mol. The number of ether oxygens (including phenoxy) is 1. The fourth-order valence-corrected chi connectivity index (χ4v) is 3.26. The van der Waals surface area contributed by atoms with Gasteiger partial charge in [0.2, 0.25) is 0 Å². The molecule has 2 aliphatic heterocycles. The Morgan fingerprint density at radius 1 is 1.38 bits per heavy atom. The molecule has 3 rings (SSSR count). The summed E-state index contributed by atoms with van der Waals surface area (Å²) in [6.07, 6.45) is 2.49. The molecule has 0 saturated heterocycles. The molecule has 0 fully saturated rings. The van der Waals surface area contributed by atoms with Crippen LogP contribution in [0.3, 0.4) is 0 Å². The van der Waals surface area contributed by atoms with Gasteiger partial charge < -0.3 is 14.7 Å². The number of hydrogen-bond donors (Lipinski definition) is 1. The van der Waals surface area contributed by atoms with Crippen molar-refractivity contribution in [2.75, 3.05) is 19.8 Å². The van der Waals surface area contributed by atoms with Crippen LogP contribution in [0, 0.1) is 0 Å². The highest BCUT2D eigenvalue weighted by molar-refractivity contribution is 5.94. The maximum absolute atomic E-state index is 12.8. The van der Waals surface area contributed by atoms with E-state index in [0.29, 0.717) is 13.2 Å². The number of fused-ring (bicyclic) bond motifs is 1. The molecule has 4 nitrogen and oxygen atoms in total. The third kappa shape index (κ3) is 2.56. The smallest absolute Gasteiger partial charge is 0.253 e. The monoisotopic (exact) mass is 287 g/mol. The van der Waals surface area contributed by atoms with Crippen molar-refractivity contribution in [3.63, 3.8) is 0 Å². The first-order valence-electron chi connectivity index (χ1n) is 7.54. The Labute approximate surface area is 125 Å². The third-order valence-corrected chi connectivity index (χ3v) is 4.42. The molecule has 0 radical (unpaired) electrons. The molecule has 1 aromatic rings. The second kappa shape index (κ2) is 5.90. The third-order valence-electron chi connectivity index (χ3n) is 4.42. The molecule has 0 unspecified atom stereocenters. The largest absolute Gasteiger partial charge is 0.498 e. The van der Waals surface area contributed by atoms with Gasteiger partial charge in [0, 0.05) is 6.54 Å². The number of rotatable bonds is 2. The maximum Gasteiger partial charge on any atom is 0.253 e. The first kappa shape index (κ1) is 14.1. The van der Waals surface area contributed by atoms with Crippen LogP contribution in [0.5, 0.6) is 0 Å². The van der Waals surface area contributed by atoms with E-state index in [9.17, 15) is 9.90 Å². The van der Waals surface area contributed by atoms with Gasteiger partial charge in [-0.25, -0.2) is 0 Å². The zero-order chi connectivity index (χ0) is 14.8. The van der Waals surface area contributed by atoms with Crippen LogP contribution in [0.2, 0.25) is 0 Å². The first-order chi connectivity index (χ1) is 10.2. The van der Waals surface area contributed by atoms with Crippen molar-refractivity contribution in [2.45, 2.75) is 32.2 Å². The highest BCUT2D eigenvalue weighted by Crippen LogP contribution is 2.32. The summed E-state index contributed by atoms with van der Waals surface area (Å²) >= 11 is 0. The molecule has 21 heavy (non-hydrogen) atoms. The molecule has 0 spiro atoms. The Bertz CT molecular complexity index is 579. The molecule has 0 aromatic heterocycles. The molecule has 112 valence electrons. The van der Waals surface area contributed by atoms with E-state index < -0.39 is 0 Å². The number of benzene rings is 1. The lowest BCUT2D eigenvalue weighted by Gasteiger charge is -2.37. The van der Waals surface area contributed by atoms with Crippen molar-refractivity contribution in [3.8, 4) is 0 Å². The average Bonchev–Trinajstić information content (AvgIpc) is 2.53.